The second kappa shape index (κ2) is 12.6. The van der Waals surface area contributed by atoms with Crippen molar-refractivity contribution in [1.29, 1.82) is 0 Å². The summed E-state index contributed by atoms with van der Waals surface area (Å²) < 4.78 is 49.4. The summed E-state index contributed by atoms with van der Waals surface area (Å²) in [5, 5.41) is 12.6. The number of alkyl halides is 3. The number of carbonyl (C=O) groups is 1. The first-order valence-corrected chi connectivity index (χ1v) is 14.2. The summed E-state index contributed by atoms with van der Waals surface area (Å²) >= 11 is 0. The van der Waals surface area contributed by atoms with Crippen LogP contribution in [0.15, 0.2) is 48.5 Å². The summed E-state index contributed by atoms with van der Waals surface area (Å²) in [4.78, 5) is 25.1. The minimum Gasteiger partial charge on any atom is -0.493 e. The molecular formula is C30H36F3N7O3. The van der Waals surface area contributed by atoms with Crippen LogP contribution in [-0.4, -0.2) is 59.9 Å². The molecule has 6 bridgehead atoms. The van der Waals surface area contributed by atoms with Crippen LogP contribution in [0.25, 0.3) is 0 Å². The van der Waals surface area contributed by atoms with Gasteiger partial charge in [0.1, 0.15) is 5.75 Å². The highest BCUT2D eigenvalue weighted by Crippen LogP contribution is 2.41. The molecule has 2 aromatic carbocycles. The molecule has 1 saturated carbocycles. The van der Waals surface area contributed by atoms with Crippen molar-refractivity contribution in [1.82, 2.24) is 25.6 Å². The fourth-order valence-electron chi connectivity index (χ4n) is 4.86. The zero-order chi connectivity index (χ0) is 30.5. The van der Waals surface area contributed by atoms with Gasteiger partial charge in [-0.25, -0.2) is 0 Å². The minimum atomic E-state index is -4.56. The van der Waals surface area contributed by atoms with E-state index in [0.29, 0.717) is 30.9 Å². The van der Waals surface area contributed by atoms with Crippen molar-refractivity contribution in [2.75, 3.05) is 43.5 Å². The maximum absolute atomic E-state index is 12.8. The van der Waals surface area contributed by atoms with E-state index in [1.54, 1.807) is 24.3 Å². The molecule has 0 saturated heterocycles. The van der Waals surface area contributed by atoms with Gasteiger partial charge < -0.3 is 30.7 Å². The van der Waals surface area contributed by atoms with Crippen LogP contribution in [0.2, 0.25) is 0 Å². The molecule has 5 aliphatic rings. The maximum Gasteiger partial charge on any atom is 0.422 e. The Hall–Kier alpha value is -4.13. The summed E-state index contributed by atoms with van der Waals surface area (Å²) in [6.07, 6.45) is -1.21. The molecule has 3 aromatic rings. The zero-order valence-corrected chi connectivity index (χ0v) is 24.2. The Bertz CT molecular complexity index is 1400. The molecule has 43 heavy (non-hydrogen) atoms. The van der Waals surface area contributed by atoms with Gasteiger partial charge in [-0.05, 0) is 60.2 Å². The van der Waals surface area contributed by atoms with E-state index in [-0.39, 0.29) is 28.6 Å². The van der Waals surface area contributed by atoms with Crippen molar-refractivity contribution in [2.24, 2.45) is 10.8 Å². The first kappa shape index (κ1) is 30.3. The smallest absolute Gasteiger partial charge is 0.422 e. The topological polar surface area (TPSA) is 122 Å². The molecule has 1 aromatic heterocycles. The number of carbonyl (C=O) groups excluding carboxylic acids is 1. The van der Waals surface area contributed by atoms with Crippen LogP contribution in [0.5, 0.6) is 11.8 Å². The first-order chi connectivity index (χ1) is 20.5. The number of hydrogen-bond acceptors (Lipinski definition) is 9. The third-order valence-electron chi connectivity index (χ3n) is 7.55. The van der Waals surface area contributed by atoms with E-state index in [9.17, 15) is 18.0 Å². The van der Waals surface area contributed by atoms with Gasteiger partial charge in [0.2, 0.25) is 11.9 Å². The second-order valence-corrected chi connectivity index (χ2v) is 12.0. The van der Waals surface area contributed by atoms with Crippen LogP contribution in [0.4, 0.5) is 30.8 Å². The first-order valence-electron chi connectivity index (χ1n) is 14.2. The number of ether oxygens (including phenoxy) is 2. The van der Waals surface area contributed by atoms with Gasteiger partial charge in [-0.15, -0.1) is 0 Å². The van der Waals surface area contributed by atoms with Gasteiger partial charge in [0.15, 0.2) is 6.61 Å². The molecule has 0 unspecified atom stereocenters. The highest BCUT2D eigenvalue weighted by Gasteiger charge is 2.38. The van der Waals surface area contributed by atoms with E-state index < -0.39 is 18.8 Å². The second-order valence-electron chi connectivity index (χ2n) is 12.0. The fourth-order valence-corrected chi connectivity index (χ4v) is 4.86. The van der Waals surface area contributed by atoms with E-state index >= 15 is 0 Å². The largest absolute Gasteiger partial charge is 0.493 e. The van der Waals surface area contributed by atoms with E-state index in [0.717, 1.165) is 37.2 Å². The molecule has 1 fully saturated rings. The van der Waals surface area contributed by atoms with Crippen molar-refractivity contribution in [2.45, 2.75) is 45.8 Å². The van der Waals surface area contributed by atoms with Gasteiger partial charge in [-0.1, -0.05) is 32.4 Å². The number of nitrogens with zero attached hydrogens (tertiary/aromatic N) is 3. The minimum absolute atomic E-state index is 0.0238. The standard InChI is InChI=1S/C30H36F3N7O3/c1-28(2)15-34-17-29(12-3-13-29)18-42-23-10-4-20(5-11-23)14-35-25-38-26(40-27(39-25)43-19-30(31,32)33)37-22-8-6-21(7-9-22)24(41)36-16-28/h4-11,34H,3,12-19H2,1-2H3,(H,36,41)(H2,35,37,38,39,40). The molecule has 8 rings (SSSR count). The van der Waals surface area contributed by atoms with Crippen molar-refractivity contribution in [3.05, 3.63) is 59.7 Å². The molecule has 0 atom stereocenters. The Labute approximate surface area is 248 Å². The number of hydrogen-bond donors (Lipinski definition) is 4. The number of amides is 1. The van der Waals surface area contributed by atoms with Gasteiger partial charge >= 0.3 is 12.2 Å². The summed E-state index contributed by atoms with van der Waals surface area (Å²) in [5.41, 5.74) is 1.78. The molecule has 4 aliphatic heterocycles. The van der Waals surface area contributed by atoms with Gasteiger partial charge in [-0.2, -0.15) is 28.1 Å². The lowest BCUT2D eigenvalue weighted by Gasteiger charge is -2.42. The predicted molar refractivity (Wildman–Crippen MR) is 156 cm³/mol. The zero-order valence-electron chi connectivity index (χ0n) is 24.2. The lowest BCUT2D eigenvalue weighted by molar-refractivity contribution is -0.154. The van der Waals surface area contributed by atoms with E-state index in [1.807, 2.05) is 24.3 Å². The van der Waals surface area contributed by atoms with E-state index in [4.69, 9.17) is 9.47 Å². The van der Waals surface area contributed by atoms with Crippen LogP contribution in [0, 0.1) is 10.8 Å². The SMILES string of the molecule is CC1(C)CNCC2(CCC2)COc2ccc(cc2)CNc2nc(nc(OCC(F)(F)F)n2)Nc2ccc(cc2)C(=O)NC1. The molecule has 1 amide bonds. The van der Waals surface area contributed by atoms with Gasteiger partial charge in [0.25, 0.3) is 5.91 Å². The molecule has 5 heterocycles. The number of nitrogens with one attached hydrogen (secondary N) is 4. The number of benzene rings is 2. The monoisotopic (exact) mass is 599 g/mol. The molecule has 1 spiro atoms. The van der Waals surface area contributed by atoms with E-state index in [2.05, 4.69) is 50.1 Å². The number of rotatable bonds is 2. The van der Waals surface area contributed by atoms with Crippen LogP contribution in [-0.2, 0) is 6.54 Å². The number of aromatic nitrogens is 3. The Kier molecular flexibility index (Phi) is 8.90. The van der Waals surface area contributed by atoms with Crippen molar-refractivity contribution < 1.29 is 27.4 Å². The quantitative estimate of drug-likeness (QED) is 0.320. The highest BCUT2D eigenvalue weighted by atomic mass is 19.4. The molecular weight excluding hydrogens is 563 g/mol. The lowest BCUT2D eigenvalue weighted by Crippen LogP contribution is -2.48. The van der Waals surface area contributed by atoms with Crippen LogP contribution < -0.4 is 30.7 Å². The Morgan fingerprint density at radius 2 is 1.63 bits per heavy atom. The Balaban J connectivity index is 1.38. The fraction of sp³-hybridized carbons (Fsp3) is 0.467. The van der Waals surface area contributed by atoms with Crippen molar-refractivity contribution in [3.63, 3.8) is 0 Å². The molecule has 10 nitrogen and oxygen atoms in total. The maximum atomic E-state index is 12.8. The summed E-state index contributed by atoms with van der Waals surface area (Å²) in [7, 11) is 0. The van der Waals surface area contributed by atoms with Crippen LogP contribution in [0.1, 0.15) is 49.0 Å². The highest BCUT2D eigenvalue weighted by molar-refractivity contribution is 5.94. The molecule has 1 aliphatic carbocycles. The summed E-state index contributed by atoms with van der Waals surface area (Å²) in [5.74, 6) is 0.553. The lowest BCUT2D eigenvalue weighted by atomic mass is 9.69. The van der Waals surface area contributed by atoms with E-state index in [1.165, 1.54) is 6.42 Å². The summed E-state index contributed by atoms with van der Waals surface area (Å²) in [6, 6.07) is 13.7. The average molecular weight is 600 g/mol. The van der Waals surface area contributed by atoms with Crippen LogP contribution in [0.3, 0.4) is 0 Å². The van der Waals surface area contributed by atoms with Gasteiger partial charge in [0.05, 0.1) is 6.61 Å². The third kappa shape index (κ3) is 8.69. The van der Waals surface area contributed by atoms with Crippen molar-refractivity contribution >= 4 is 23.5 Å². The number of anilines is 3. The predicted octanol–water partition coefficient (Wildman–Crippen LogP) is 5.08. The van der Waals surface area contributed by atoms with Gasteiger partial charge in [0, 0.05) is 42.8 Å². The van der Waals surface area contributed by atoms with Gasteiger partial charge in [-0.3, -0.25) is 4.79 Å². The summed E-state index contributed by atoms with van der Waals surface area (Å²) in [6.45, 7) is 5.62. The molecule has 4 N–H and O–H groups in total. The average Bonchev–Trinajstić information content (AvgIpc) is 2.95. The third-order valence-corrected chi connectivity index (χ3v) is 7.55. The molecule has 13 heteroatoms. The van der Waals surface area contributed by atoms with Crippen LogP contribution >= 0.6 is 0 Å². The molecule has 230 valence electrons. The Morgan fingerprint density at radius 3 is 2.30 bits per heavy atom. The normalized spacial score (nSPS) is 18.8. The molecule has 0 radical (unpaired) electrons. The Morgan fingerprint density at radius 1 is 0.907 bits per heavy atom. The van der Waals surface area contributed by atoms with Crippen molar-refractivity contribution in [3.8, 4) is 11.8 Å². The number of halogens is 3.